The van der Waals surface area contributed by atoms with Crippen LogP contribution in [0, 0.1) is 0 Å². The molecular formula is C22H28N2O3. The van der Waals surface area contributed by atoms with Crippen LogP contribution in [0.3, 0.4) is 0 Å². The van der Waals surface area contributed by atoms with E-state index in [9.17, 15) is 14.7 Å². The number of aliphatic hydroxyl groups excluding tert-OH is 1. The molecule has 0 fully saturated rings. The van der Waals surface area contributed by atoms with Crippen LogP contribution >= 0.6 is 0 Å². The zero-order chi connectivity index (χ0) is 19.8. The van der Waals surface area contributed by atoms with Gasteiger partial charge in [-0.1, -0.05) is 49.4 Å². The molecule has 0 aliphatic rings. The lowest BCUT2D eigenvalue weighted by Crippen LogP contribution is -2.46. The van der Waals surface area contributed by atoms with Gasteiger partial charge in [0.25, 0.3) is 0 Å². The molecule has 2 rings (SSSR count). The number of nitrogens with one attached hydrogen (secondary N) is 2. The second-order valence-electron chi connectivity index (χ2n) is 6.71. The van der Waals surface area contributed by atoms with Gasteiger partial charge in [0.1, 0.15) is 0 Å². The number of carbonyl (C=O) groups is 2. The van der Waals surface area contributed by atoms with Crippen molar-refractivity contribution in [3.63, 3.8) is 0 Å². The summed E-state index contributed by atoms with van der Waals surface area (Å²) in [6.45, 7) is 5.78. The summed E-state index contributed by atoms with van der Waals surface area (Å²) in [4.78, 5) is 23.0. The van der Waals surface area contributed by atoms with E-state index >= 15 is 0 Å². The van der Waals surface area contributed by atoms with E-state index in [1.807, 2.05) is 55.5 Å². The molecule has 3 N–H and O–H groups in total. The highest BCUT2D eigenvalue weighted by Crippen LogP contribution is 2.25. The first kappa shape index (κ1) is 20.8. The fourth-order valence-electron chi connectivity index (χ4n) is 3.09. The second-order valence-corrected chi connectivity index (χ2v) is 6.71. The Bertz CT molecular complexity index is 774. The van der Waals surface area contributed by atoms with E-state index < -0.39 is 6.10 Å². The summed E-state index contributed by atoms with van der Waals surface area (Å²) >= 11 is 0. The summed E-state index contributed by atoms with van der Waals surface area (Å²) < 4.78 is 0. The lowest BCUT2D eigenvalue weighted by Gasteiger charge is -2.23. The van der Waals surface area contributed by atoms with E-state index in [0.29, 0.717) is 25.1 Å². The zero-order valence-electron chi connectivity index (χ0n) is 16.2. The van der Waals surface area contributed by atoms with Crippen LogP contribution < -0.4 is 10.6 Å². The summed E-state index contributed by atoms with van der Waals surface area (Å²) in [6, 6.07) is 15.4. The molecule has 2 aromatic carbocycles. The number of aliphatic hydroxyl groups is 1. The smallest absolute Gasteiger partial charge is 0.217 e. The van der Waals surface area contributed by atoms with Gasteiger partial charge in [0.15, 0.2) is 5.78 Å². The van der Waals surface area contributed by atoms with E-state index in [4.69, 9.17) is 0 Å². The minimum absolute atomic E-state index is 0.0209. The van der Waals surface area contributed by atoms with Crippen LogP contribution in [-0.4, -0.2) is 35.5 Å². The minimum atomic E-state index is -0.685. The first-order chi connectivity index (χ1) is 12.9. The predicted molar refractivity (Wildman–Crippen MR) is 107 cm³/mol. The maximum Gasteiger partial charge on any atom is 0.217 e. The summed E-state index contributed by atoms with van der Waals surface area (Å²) in [7, 11) is 0. The number of carbonyl (C=O) groups excluding carboxylic acids is 2. The third kappa shape index (κ3) is 6.01. The number of amides is 1. The van der Waals surface area contributed by atoms with Gasteiger partial charge in [-0.25, -0.2) is 0 Å². The average Bonchev–Trinajstić information content (AvgIpc) is 2.66. The number of Topliss-reactive ketones (excluding diaryl/α,β-unsaturated/α-hetero) is 1. The Morgan fingerprint density at radius 1 is 1.07 bits per heavy atom. The lowest BCUT2D eigenvalue weighted by molar-refractivity contribution is -0.120. The van der Waals surface area contributed by atoms with Gasteiger partial charge in [-0.3, -0.25) is 9.59 Å². The van der Waals surface area contributed by atoms with Gasteiger partial charge in [0.05, 0.1) is 12.1 Å². The molecule has 0 saturated heterocycles. The van der Waals surface area contributed by atoms with Gasteiger partial charge in [0, 0.05) is 25.6 Å². The molecule has 2 unspecified atom stereocenters. The summed E-state index contributed by atoms with van der Waals surface area (Å²) in [6.07, 6.45) is -0.0348. The van der Waals surface area contributed by atoms with Gasteiger partial charge < -0.3 is 15.7 Å². The molecule has 0 aliphatic carbocycles. The highest BCUT2D eigenvalue weighted by atomic mass is 16.3. The average molecular weight is 368 g/mol. The lowest BCUT2D eigenvalue weighted by atomic mass is 9.96. The van der Waals surface area contributed by atoms with Gasteiger partial charge in [0.2, 0.25) is 5.91 Å². The highest BCUT2D eigenvalue weighted by Gasteiger charge is 2.18. The first-order valence-electron chi connectivity index (χ1n) is 9.27. The van der Waals surface area contributed by atoms with Gasteiger partial charge in [-0.2, -0.15) is 0 Å². The number of rotatable bonds is 9. The Kier molecular flexibility index (Phi) is 7.70. The van der Waals surface area contributed by atoms with Crippen LogP contribution in [0.25, 0.3) is 11.1 Å². The number of hydrogen-bond acceptors (Lipinski definition) is 4. The van der Waals surface area contributed by atoms with Crippen molar-refractivity contribution in [3.8, 4) is 11.1 Å². The van der Waals surface area contributed by atoms with Crippen LogP contribution in [-0.2, 0) is 11.3 Å². The maximum atomic E-state index is 11.8. The van der Waals surface area contributed by atoms with E-state index in [1.165, 1.54) is 6.92 Å². The van der Waals surface area contributed by atoms with E-state index in [-0.39, 0.29) is 17.7 Å². The fourth-order valence-corrected chi connectivity index (χ4v) is 3.09. The molecule has 5 heteroatoms. The summed E-state index contributed by atoms with van der Waals surface area (Å²) in [5.41, 5.74) is 3.79. The maximum absolute atomic E-state index is 11.8. The molecule has 0 heterocycles. The molecule has 0 radical (unpaired) electrons. The van der Waals surface area contributed by atoms with Crippen molar-refractivity contribution in [2.24, 2.45) is 0 Å². The van der Waals surface area contributed by atoms with E-state index in [1.54, 1.807) is 6.92 Å². The second kappa shape index (κ2) is 10.00. The van der Waals surface area contributed by atoms with E-state index in [2.05, 4.69) is 10.6 Å². The molecule has 0 spiro atoms. The number of benzene rings is 2. The molecule has 0 aromatic heterocycles. The van der Waals surface area contributed by atoms with Crippen LogP contribution in [0.2, 0.25) is 0 Å². The molecule has 0 bridgehead atoms. The Labute approximate surface area is 160 Å². The van der Waals surface area contributed by atoms with Gasteiger partial charge >= 0.3 is 0 Å². The zero-order valence-corrected chi connectivity index (χ0v) is 16.2. The minimum Gasteiger partial charge on any atom is -0.390 e. The van der Waals surface area contributed by atoms with Gasteiger partial charge in [-0.15, -0.1) is 0 Å². The van der Waals surface area contributed by atoms with Crippen molar-refractivity contribution in [2.45, 2.75) is 45.9 Å². The van der Waals surface area contributed by atoms with Crippen LogP contribution in [0.1, 0.15) is 43.1 Å². The largest absolute Gasteiger partial charge is 0.390 e. The van der Waals surface area contributed by atoms with Crippen molar-refractivity contribution in [1.29, 1.82) is 0 Å². The van der Waals surface area contributed by atoms with Crippen molar-refractivity contribution in [2.75, 3.05) is 6.54 Å². The first-order valence-corrected chi connectivity index (χ1v) is 9.27. The number of hydrogen-bond donors (Lipinski definition) is 3. The van der Waals surface area contributed by atoms with Crippen LogP contribution in [0.15, 0.2) is 48.5 Å². The summed E-state index contributed by atoms with van der Waals surface area (Å²) in [5.74, 6) is -0.131. The van der Waals surface area contributed by atoms with Crippen molar-refractivity contribution < 1.29 is 14.7 Å². The quantitative estimate of drug-likeness (QED) is 0.595. The Hall–Kier alpha value is -2.50. The number of ketones is 1. The molecule has 1 amide bonds. The molecule has 5 nitrogen and oxygen atoms in total. The Balaban J connectivity index is 2.13. The summed E-state index contributed by atoms with van der Waals surface area (Å²) in [5, 5.41) is 16.4. The molecule has 2 atom stereocenters. The molecule has 27 heavy (non-hydrogen) atoms. The van der Waals surface area contributed by atoms with Crippen molar-refractivity contribution in [1.82, 2.24) is 10.6 Å². The molecule has 0 aliphatic heterocycles. The van der Waals surface area contributed by atoms with Gasteiger partial charge in [-0.05, 0) is 36.1 Å². The molecule has 144 valence electrons. The van der Waals surface area contributed by atoms with Crippen LogP contribution in [0.5, 0.6) is 0 Å². The Morgan fingerprint density at radius 2 is 1.78 bits per heavy atom. The van der Waals surface area contributed by atoms with Crippen LogP contribution in [0.4, 0.5) is 0 Å². The Morgan fingerprint density at radius 3 is 2.37 bits per heavy atom. The van der Waals surface area contributed by atoms with Crippen molar-refractivity contribution >= 4 is 11.7 Å². The molecule has 2 aromatic rings. The third-order valence-electron chi connectivity index (χ3n) is 4.56. The predicted octanol–water partition coefficient (Wildman–Crippen LogP) is 2.92. The molecular weight excluding hydrogens is 340 g/mol. The van der Waals surface area contributed by atoms with Crippen molar-refractivity contribution in [3.05, 3.63) is 59.7 Å². The SMILES string of the molecule is CCC(NC(C)=O)C(O)CNCc1cc(C(C)=O)ccc1-c1ccccc1. The highest BCUT2D eigenvalue weighted by molar-refractivity contribution is 5.95. The normalized spacial score (nSPS) is 13.0. The monoisotopic (exact) mass is 368 g/mol. The van der Waals surface area contributed by atoms with E-state index in [0.717, 1.165) is 16.7 Å². The third-order valence-corrected chi connectivity index (χ3v) is 4.56. The molecule has 0 saturated carbocycles. The fraction of sp³-hybridized carbons (Fsp3) is 0.364. The topological polar surface area (TPSA) is 78.4 Å². The standard InChI is InChI=1S/C22H28N2O3/c1-4-21(24-16(3)26)22(27)14-23-13-19-12-18(15(2)25)10-11-20(19)17-8-6-5-7-9-17/h5-12,21-23,27H,4,13-14H2,1-3H3,(H,24,26).